The third-order valence-electron chi connectivity index (χ3n) is 2.53. The van der Waals surface area contributed by atoms with E-state index in [2.05, 4.69) is 31.9 Å². The van der Waals surface area contributed by atoms with E-state index in [0.29, 0.717) is 16.0 Å². The predicted octanol–water partition coefficient (Wildman–Crippen LogP) is 5.65. The van der Waals surface area contributed by atoms with Crippen LogP contribution in [0.15, 0.2) is 45.3 Å². The highest BCUT2D eigenvalue weighted by Crippen LogP contribution is 2.38. The number of ether oxygens (including phenoxy) is 1. The number of alkyl halides is 1. The van der Waals surface area contributed by atoms with Gasteiger partial charge in [0.15, 0.2) is 0 Å². The molecule has 0 heterocycles. The largest absolute Gasteiger partial charge is 0.456 e. The van der Waals surface area contributed by atoms with Crippen molar-refractivity contribution in [2.75, 3.05) is 0 Å². The Labute approximate surface area is 137 Å². The second kappa shape index (κ2) is 6.56. The molecule has 0 radical (unpaired) electrons. The Bertz CT molecular complexity index is 664. The van der Waals surface area contributed by atoms with Crippen LogP contribution in [0, 0.1) is 10.1 Å². The molecule has 0 saturated carbocycles. The zero-order chi connectivity index (χ0) is 14.7. The van der Waals surface area contributed by atoms with E-state index in [4.69, 9.17) is 16.3 Å². The molecule has 0 aliphatic rings. The lowest BCUT2D eigenvalue weighted by molar-refractivity contribution is -0.385. The normalized spacial score (nSPS) is 10.3. The summed E-state index contributed by atoms with van der Waals surface area (Å²) in [5, 5.41) is 10.9. The molecule has 2 aromatic rings. The zero-order valence-corrected chi connectivity index (χ0v) is 13.9. The van der Waals surface area contributed by atoms with Gasteiger partial charge in [0.2, 0.25) is 0 Å². The van der Waals surface area contributed by atoms with Gasteiger partial charge < -0.3 is 4.74 Å². The third kappa shape index (κ3) is 3.31. The molecule has 0 saturated heterocycles. The fourth-order valence-corrected chi connectivity index (χ4v) is 2.70. The molecule has 20 heavy (non-hydrogen) atoms. The van der Waals surface area contributed by atoms with Gasteiger partial charge in [-0.2, -0.15) is 0 Å². The molecule has 4 nitrogen and oxygen atoms in total. The standard InChI is InChI=1S/C13H8Br2ClNO3/c14-9-4-5-11(8(6-9)7-16)20-12-3-1-2-10(13(12)15)17(18)19/h1-6H,7H2. The van der Waals surface area contributed by atoms with E-state index in [1.807, 2.05) is 12.1 Å². The molecular formula is C13H8Br2ClNO3. The van der Waals surface area contributed by atoms with E-state index >= 15 is 0 Å². The third-order valence-corrected chi connectivity index (χ3v) is 4.10. The minimum Gasteiger partial charge on any atom is -0.456 e. The van der Waals surface area contributed by atoms with Crippen molar-refractivity contribution in [3.63, 3.8) is 0 Å². The summed E-state index contributed by atoms with van der Waals surface area (Å²) >= 11 is 12.4. The van der Waals surface area contributed by atoms with Crippen LogP contribution in [0.5, 0.6) is 11.5 Å². The maximum absolute atomic E-state index is 10.9. The van der Waals surface area contributed by atoms with Crippen molar-refractivity contribution in [2.45, 2.75) is 5.88 Å². The number of nitro groups is 1. The van der Waals surface area contributed by atoms with Gasteiger partial charge in [-0.05, 0) is 40.2 Å². The zero-order valence-electron chi connectivity index (χ0n) is 9.98. The molecule has 0 fully saturated rings. The number of halogens is 3. The summed E-state index contributed by atoms with van der Waals surface area (Å²) in [6.45, 7) is 0. The number of benzene rings is 2. The summed E-state index contributed by atoms with van der Waals surface area (Å²) in [6.07, 6.45) is 0. The highest BCUT2D eigenvalue weighted by atomic mass is 79.9. The van der Waals surface area contributed by atoms with Gasteiger partial charge in [0, 0.05) is 16.1 Å². The van der Waals surface area contributed by atoms with Crippen molar-refractivity contribution in [3.8, 4) is 11.5 Å². The summed E-state index contributed by atoms with van der Waals surface area (Å²) in [5.41, 5.74) is 0.742. The van der Waals surface area contributed by atoms with Crippen molar-refractivity contribution in [1.29, 1.82) is 0 Å². The number of nitro benzene ring substituents is 1. The van der Waals surface area contributed by atoms with Crippen LogP contribution in [0.25, 0.3) is 0 Å². The Morgan fingerprint density at radius 1 is 1.20 bits per heavy atom. The first kappa shape index (κ1) is 15.3. The summed E-state index contributed by atoms with van der Waals surface area (Å²) in [4.78, 5) is 10.4. The minimum atomic E-state index is -0.471. The van der Waals surface area contributed by atoms with Crippen LogP contribution in [0.1, 0.15) is 5.56 Å². The first-order chi connectivity index (χ1) is 9.52. The predicted molar refractivity (Wildman–Crippen MR) is 84.6 cm³/mol. The molecule has 0 aromatic heterocycles. The van der Waals surface area contributed by atoms with Gasteiger partial charge in [-0.3, -0.25) is 10.1 Å². The number of nitrogens with zero attached hydrogens (tertiary/aromatic N) is 1. The van der Waals surface area contributed by atoms with Gasteiger partial charge in [0.1, 0.15) is 16.0 Å². The quantitative estimate of drug-likeness (QED) is 0.364. The fourth-order valence-electron chi connectivity index (χ4n) is 1.59. The summed E-state index contributed by atoms with van der Waals surface area (Å²) in [5.74, 6) is 1.21. The number of hydrogen-bond acceptors (Lipinski definition) is 3. The van der Waals surface area contributed by atoms with Crippen LogP contribution in [-0.2, 0) is 5.88 Å². The SMILES string of the molecule is O=[N+]([O-])c1cccc(Oc2ccc(Br)cc2CCl)c1Br. The Balaban J connectivity index is 2.40. The van der Waals surface area contributed by atoms with Crippen LogP contribution in [-0.4, -0.2) is 4.92 Å². The van der Waals surface area contributed by atoms with Crippen molar-refractivity contribution >= 4 is 49.1 Å². The molecule has 0 amide bonds. The molecule has 0 atom stereocenters. The molecule has 104 valence electrons. The van der Waals surface area contributed by atoms with Gasteiger partial charge in [-0.15, -0.1) is 11.6 Å². The summed E-state index contributed by atoms with van der Waals surface area (Å²) in [7, 11) is 0. The van der Waals surface area contributed by atoms with E-state index in [0.717, 1.165) is 10.0 Å². The van der Waals surface area contributed by atoms with Crippen molar-refractivity contribution < 1.29 is 9.66 Å². The smallest absolute Gasteiger partial charge is 0.287 e. The minimum absolute atomic E-state index is 0.0490. The first-order valence-electron chi connectivity index (χ1n) is 5.48. The van der Waals surface area contributed by atoms with Crippen LogP contribution in [0.4, 0.5) is 5.69 Å². The van der Waals surface area contributed by atoms with E-state index in [1.54, 1.807) is 18.2 Å². The Hall–Kier alpha value is -1.11. The van der Waals surface area contributed by atoms with Crippen molar-refractivity contribution in [1.82, 2.24) is 0 Å². The van der Waals surface area contributed by atoms with E-state index in [9.17, 15) is 10.1 Å². The topological polar surface area (TPSA) is 52.4 Å². The van der Waals surface area contributed by atoms with E-state index in [-0.39, 0.29) is 11.6 Å². The fraction of sp³-hybridized carbons (Fsp3) is 0.0769. The average molecular weight is 421 g/mol. The molecule has 0 aliphatic heterocycles. The lowest BCUT2D eigenvalue weighted by Gasteiger charge is -2.11. The van der Waals surface area contributed by atoms with Crippen LogP contribution < -0.4 is 4.74 Å². The Morgan fingerprint density at radius 3 is 2.60 bits per heavy atom. The molecule has 0 unspecified atom stereocenters. The summed E-state index contributed by atoms with van der Waals surface area (Å²) in [6, 6.07) is 10.0. The average Bonchev–Trinajstić information content (AvgIpc) is 2.42. The lowest BCUT2D eigenvalue weighted by Crippen LogP contribution is -1.94. The Morgan fingerprint density at radius 2 is 1.95 bits per heavy atom. The maximum atomic E-state index is 10.9. The molecule has 0 N–H and O–H groups in total. The van der Waals surface area contributed by atoms with Gasteiger partial charge in [0.05, 0.1) is 10.8 Å². The van der Waals surface area contributed by atoms with E-state index < -0.39 is 4.92 Å². The highest BCUT2D eigenvalue weighted by Gasteiger charge is 2.17. The highest BCUT2D eigenvalue weighted by molar-refractivity contribution is 9.11. The monoisotopic (exact) mass is 419 g/mol. The van der Waals surface area contributed by atoms with Gasteiger partial charge in [-0.1, -0.05) is 22.0 Å². The van der Waals surface area contributed by atoms with Gasteiger partial charge in [0.25, 0.3) is 5.69 Å². The second-order valence-corrected chi connectivity index (χ2v) is 5.81. The molecule has 7 heteroatoms. The molecule has 2 aromatic carbocycles. The molecule has 0 aliphatic carbocycles. The van der Waals surface area contributed by atoms with Crippen LogP contribution >= 0.6 is 43.5 Å². The lowest BCUT2D eigenvalue weighted by atomic mass is 10.2. The summed E-state index contributed by atoms with van der Waals surface area (Å²) < 4.78 is 6.91. The molecule has 0 bridgehead atoms. The molecular weight excluding hydrogens is 413 g/mol. The number of rotatable bonds is 4. The van der Waals surface area contributed by atoms with Crippen molar-refractivity contribution in [2.24, 2.45) is 0 Å². The van der Waals surface area contributed by atoms with Crippen molar-refractivity contribution in [3.05, 3.63) is 61.0 Å². The van der Waals surface area contributed by atoms with Crippen LogP contribution in [0.2, 0.25) is 0 Å². The Kier molecular flexibility index (Phi) is 5.01. The van der Waals surface area contributed by atoms with Gasteiger partial charge in [-0.25, -0.2) is 0 Å². The van der Waals surface area contributed by atoms with Gasteiger partial charge >= 0.3 is 0 Å². The number of hydrogen-bond donors (Lipinski definition) is 0. The van der Waals surface area contributed by atoms with Crippen LogP contribution in [0.3, 0.4) is 0 Å². The molecule has 0 spiro atoms. The van der Waals surface area contributed by atoms with E-state index in [1.165, 1.54) is 6.07 Å². The second-order valence-electron chi connectivity index (χ2n) is 3.83. The first-order valence-corrected chi connectivity index (χ1v) is 7.60. The maximum Gasteiger partial charge on any atom is 0.287 e. The molecule has 2 rings (SSSR count).